The molecule has 0 bridgehead atoms. The maximum absolute atomic E-state index is 12.8. The molecular weight excluding hydrogens is 400 g/mol. The van der Waals surface area contributed by atoms with Crippen molar-refractivity contribution in [3.8, 4) is 0 Å². The average molecular weight is 427 g/mol. The number of aryl methyl sites for hydroxylation is 2. The van der Waals surface area contributed by atoms with Crippen LogP contribution in [0.1, 0.15) is 27.3 Å². The van der Waals surface area contributed by atoms with Crippen LogP contribution in [0.4, 0.5) is 5.69 Å². The summed E-state index contributed by atoms with van der Waals surface area (Å²) in [6.07, 6.45) is 0.518. The molecule has 0 aliphatic rings. The Bertz CT molecular complexity index is 1280. The van der Waals surface area contributed by atoms with Gasteiger partial charge >= 0.3 is 0 Å². The van der Waals surface area contributed by atoms with Crippen molar-refractivity contribution in [1.29, 1.82) is 0 Å². The van der Waals surface area contributed by atoms with Crippen molar-refractivity contribution < 1.29 is 9.59 Å². The SMILES string of the molecule is Cc1cccc(C(=O)NCCc2nc3ccccc3n2CC(=O)Nc2ccccc2C)c1. The Morgan fingerprint density at radius 2 is 1.72 bits per heavy atom. The zero-order valence-corrected chi connectivity index (χ0v) is 18.3. The Balaban J connectivity index is 1.48. The van der Waals surface area contributed by atoms with Gasteiger partial charge in [-0.15, -0.1) is 0 Å². The minimum atomic E-state index is -0.118. The number of carbonyl (C=O) groups excluding carboxylic acids is 2. The lowest BCUT2D eigenvalue weighted by molar-refractivity contribution is -0.116. The van der Waals surface area contributed by atoms with Crippen molar-refractivity contribution in [1.82, 2.24) is 14.9 Å². The van der Waals surface area contributed by atoms with Gasteiger partial charge in [-0.05, 0) is 49.7 Å². The predicted octanol–water partition coefficient (Wildman–Crippen LogP) is 4.26. The molecule has 4 aromatic rings. The predicted molar refractivity (Wildman–Crippen MR) is 127 cm³/mol. The minimum Gasteiger partial charge on any atom is -0.352 e. The van der Waals surface area contributed by atoms with Crippen molar-refractivity contribution >= 4 is 28.5 Å². The van der Waals surface area contributed by atoms with Gasteiger partial charge in [0, 0.05) is 24.2 Å². The van der Waals surface area contributed by atoms with Crippen LogP contribution in [-0.4, -0.2) is 27.9 Å². The Kier molecular flexibility index (Phi) is 6.31. The highest BCUT2D eigenvalue weighted by molar-refractivity contribution is 5.94. The van der Waals surface area contributed by atoms with Crippen molar-refractivity contribution in [2.45, 2.75) is 26.8 Å². The third-order valence-corrected chi connectivity index (χ3v) is 5.37. The van der Waals surface area contributed by atoms with Crippen LogP contribution >= 0.6 is 0 Å². The largest absolute Gasteiger partial charge is 0.352 e. The van der Waals surface area contributed by atoms with Crippen LogP contribution in [0.3, 0.4) is 0 Å². The maximum atomic E-state index is 12.8. The summed E-state index contributed by atoms with van der Waals surface area (Å²) in [5.74, 6) is 0.525. The summed E-state index contributed by atoms with van der Waals surface area (Å²) >= 11 is 0. The van der Waals surface area contributed by atoms with Crippen LogP contribution in [0.2, 0.25) is 0 Å². The van der Waals surface area contributed by atoms with Gasteiger partial charge in [0.2, 0.25) is 5.91 Å². The van der Waals surface area contributed by atoms with E-state index in [4.69, 9.17) is 4.98 Å². The number of aromatic nitrogens is 2. The summed E-state index contributed by atoms with van der Waals surface area (Å²) in [5, 5.41) is 5.94. The first-order chi connectivity index (χ1) is 15.5. The molecule has 162 valence electrons. The third kappa shape index (κ3) is 4.86. The highest BCUT2D eigenvalue weighted by Crippen LogP contribution is 2.18. The average Bonchev–Trinajstić information content (AvgIpc) is 3.12. The number of fused-ring (bicyclic) bond motifs is 1. The molecule has 32 heavy (non-hydrogen) atoms. The van der Waals surface area contributed by atoms with Crippen molar-refractivity contribution in [3.63, 3.8) is 0 Å². The van der Waals surface area contributed by atoms with Crippen LogP contribution < -0.4 is 10.6 Å². The first-order valence-corrected chi connectivity index (χ1v) is 10.7. The van der Waals surface area contributed by atoms with E-state index in [1.807, 2.05) is 85.1 Å². The van der Waals surface area contributed by atoms with E-state index in [0.717, 1.165) is 33.7 Å². The van der Waals surface area contributed by atoms with Crippen LogP contribution in [0.15, 0.2) is 72.8 Å². The van der Waals surface area contributed by atoms with Gasteiger partial charge in [-0.1, -0.05) is 48.0 Å². The van der Waals surface area contributed by atoms with E-state index < -0.39 is 0 Å². The third-order valence-electron chi connectivity index (χ3n) is 5.37. The zero-order valence-electron chi connectivity index (χ0n) is 18.3. The van der Waals surface area contributed by atoms with E-state index >= 15 is 0 Å². The van der Waals surface area contributed by atoms with Gasteiger partial charge in [0.15, 0.2) is 0 Å². The Morgan fingerprint density at radius 1 is 0.938 bits per heavy atom. The number of nitrogens with one attached hydrogen (secondary N) is 2. The van der Waals surface area contributed by atoms with E-state index in [1.165, 1.54) is 0 Å². The molecule has 0 spiro atoms. The van der Waals surface area contributed by atoms with Crippen LogP contribution in [0, 0.1) is 13.8 Å². The van der Waals surface area contributed by atoms with Crippen molar-refractivity contribution in [3.05, 3.63) is 95.3 Å². The van der Waals surface area contributed by atoms with E-state index in [9.17, 15) is 9.59 Å². The number of para-hydroxylation sites is 3. The first kappa shape index (κ1) is 21.3. The Morgan fingerprint density at radius 3 is 2.53 bits per heavy atom. The molecule has 1 aromatic heterocycles. The molecular formula is C26H26N4O2. The lowest BCUT2D eigenvalue weighted by Crippen LogP contribution is -2.27. The molecule has 2 amide bonds. The monoisotopic (exact) mass is 426 g/mol. The van der Waals surface area contributed by atoms with Crippen LogP contribution in [0.25, 0.3) is 11.0 Å². The summed E-state index contributed by atoms with van der Waals surface area (Å²) in [6.45, 7) is 4.50. The van der Waals surface area contributed by atoms with E-state index in [2.05, 4.69) is 10.6 Å². The Hall–Kier alpha value is -3.93. The van der Waals surface area contributed by atoms with Gasteiger partial charge in [-0.25, -0.2) is 4.98 Å². The lowest BCUT2D eigenvalue weighted by atomic mass is 10.1. The molecule has 2 N–H and O–H groups in total. The van der Waals surface area contributed by atoms with Gasteiger partial charge in [0.1, 0.15) is 12.4 Å². The molecule has 0 atom stereocenters. The van der Waals surface area contributed by atoms with Gasteiger partial charge < -0.3 is 15.2 Å². The summed E-state index contributed by atoms with van der Waals surface area (Å²) in [7, 11) is 0. The maximum Gasteiger partial charge on any atom is 0.251 e. The fraction of sp³-hybridized carbons (Fsp3) is 0.192. The van der Waals surface area contributed by atoms with Crippen LogP contribution in [-0.2, 0) is 17.8 Å². The number of carbonyl (C=O) groups is 2. The second-order valence-corrected chi connectivity index (χ2v) is 7.84. The number of imidazole rings is 1. The molecule has 0 aliphatic heterocycles. The van der Waals surface area contributed by atoms with E-state index in [0.29, 0.717) is 18.5 Å². The molecule has 0 saturated carbocycles. The van der Waals surface area contributed by atoms with Gasteiger partial charge in [0.25, 0.3) is 5.91 Å². The van der Waals surface area contributed by atoms with Crippen molar-refractivity contribution in [2.75, 3.05) is 11.9 Å². The molecule has 4 rings (SSSR count). The minimum absolute atomic E-state index is 0.117. The topological polar surface area (TPSA) is 76.0 Å². The summed E-state index contributed by atoms with van der Waals surface area (Å²) in [4.78, 5) is 30.0. The molecule has 6 heteroatoms. The van der Waals surface area contributed by atoms with Crippen LogP contribution in [0.5, 0.6) is 0 Å². The van der Waals surface area contributed by atoms with Gasteiger partial charge in [-0.2, -0.15) is 0 Å². The number of hydrogen-bond donors (Lipinski definition) is 2. The van der Waals surface area contributed by atoms with Gasteiger partial charge in [-0.3, -0.25) is 9.59 Å². The summed E-state index contributed by atoms with van der Waals surface area (Å²) < 4.78 is 1.92. The summed E-state index contributed by atoms with van der Waals surface area (Å²) in [6, 6.07) is 22.9. The fourth-order valence-corrected chi connectivity index (χ4v) is 3.72. The molecule has 0 saturated heterocycles. The normalized spacial score (nSPS) is 10.8. The lowest BCUT2D eigenvalue weighted by Gasteiger charge is -2.12. The smallest absolute Gasteiger partial charge is 0.251 e. The molecule has 6 nitrogen and oxygen atoms in total. The molecule has 0 aliphatic carbocycles. The number of hydrogen-bond acceptors (Lipinski definition) is 3. The van der Waals surface area contributed by atoms with E-state index in [1.54, 1.807) is 6.07 Å². The van der Waals surface area contributed by atoms with E-state index in [-0.39, 0.29) is 18.4 Å². The highest BCUT2D eigenvalue weighted by atomic mass is 16.2. The zero-order chi connectivity index (χ0) is 22.5. The standard InChI is InChI=1S/C26H26N4O2/c1-18-8-7-10-20(16-18)26(32)27-15-14-24-28-22-12-5-6-13-23(22)30(24)17-25(31)29-21-11-4-3-9-19(21)2/h3-13,16H,14-15,17H2,1-2H3,(H,27,32)(H,29,31). The molecule has 0 fully saturated rings. The Labute approximate surface area is 187 Å². The molecule has 1 heterocycles. The molecule has 0 radical (unpaired) electrons. The number of anilines is 1. The second kappa shape index (κ2) is 9.47. The summed E-state index contributed by atoms with van der Waals surface area (Å²) in [5.41, 5.74) is 5.21. The number of benzene rings is 3. The molecule has 3 aromatic carbocycles. The number of amides is 2. The van der Waals surface area contributed by atoms with Crippen molar-refractivity contribution in [2.24, 2.45) is 0 Å². The number of nitrogens with zero attached hydrogens (tertiary/aromatic N) is 2. The highest BCUT2D eigenvalue weighted by Gasteiger charge is 2.15. The fourth-order valence-electron chi connectivity index (χ4n) is 3.72. The van der Waals surface area contributed by atoms with Gasteiger partial charge in [0.05, 0.1) is 11.0 Å². The first-order valence-electron chi connectivity index (χ1n) is 10.7. The molecule has 0 unspecified atom stereocenters. The second-order valence-electron chi connectivity index (χ2n) is 7.84. The number of rotatable bonds is 7. The quantitative estimate of drug-likeness (QED) is 0.464.